The van der Waals surface area contributed by atoms with E-state index in [1.165, 1.54) is 25.9 Å². The average Bonchev–Trinajstić information content (AvgIpc) is 2.29. The molecule has 72 valence electrons. The smallest absolute Gasteiger partial charge is 0.000995 e. The number of likely N-dealkylation sites (tertiary alicyclic amines) is 1. The lowest BCUT2D eigenvalue weighted by Crippen LogP contribution is -2.14. The third kappa shape index (κ3) is 2.48. The summed E-state index contributed by atoms with van der Waals surface area (Å²) in [6.07, 6.45) is 2.78. The molecule has 2 unspecified atom stereocenters. The summed E-state index contributed by atoms with van der Waals surface area (Å²) in [6.45, 7) is 9.66. The Balaban J connectivity index is 2.40. The monoisotopic (exact) mass is 169 g/mol. The van der Waals surface area contributed by atoms with Gasteiger partial charge in [-0.25, -0.2) is 0 Å². The van der Waals surface area contributed by atoms with Crippen molar-refractivity contribution in [2.75, 3.05) is 20.1 Å². The summed E-state index contributed by atoms with van der Waals surface area (Å²) in [5, 5.41) is 0. The minimum atomic E-state index is 0.871. The van der Waals surface area contributed by atoms with Crippen LogP contribution in [-0.4, -0.2) is 25.0 Å². The van der Waals surface area contributed by atoms with Crippen molar-refractivity contribution in [1.82, 2.24) is 4.90 Å². The molecule has 1 heterocycles. The van der Waals surface area contributed by atoms with Crippen molar-refractivity contribution in [1.29, 1.82) is 0 Å². The van der Waals surface area contributed by atoms with Gasteiger partial charge in [0, 0.05) is 13.1 Å². The van der Waals surface area contributed by atoms with E-state index in [1.54, 1.807) is 0 Å². The molecule has 0 aromatic rings. The lowest BCUT2D eigenvalue weighted by atomic mass is 9.87. The Morgan fingerprint density at radius 1 is 1.25 bits per heavy atom. The molecule has 0 aromatic carbocycles. The third-order valence-electron chi connectivity index (χ3n) is 3.06. The largest absolute Gasteiger partial charge is 0.306 e. The molecule has 1 nitrogen and oxygen atoms in total. The summed E-state index contributed by atoms with van der Waals surface area (Å²) in [6, 6.07) is 0. The summed E-state index contributed by atoms with van der Waals surface area (Å²) in [7, 11) is 2.25. The van der Waals surface area contributed by atoms with Gasteiger partial charge in [-0.05, 0) is 31.2 Å². The Hall–Kier alpha value is -0.0400. The maximum Gasteiger partial charge on any atom is 0.000995 e. The molecule has 1 fully saturated rings. The minimum absolute atomic E-state index is 0.871. The zero-order valence-corrected chi connectivity index (χ0v) is 9.01. The van der Waals surface area contributed by atoms with Crippen LogP contribution < -0.4 is 0 Å². The quantitative estimate of drug-likeness (QED) is 0.628. The van der Waals surface area contributed by atoms with Gasteiger partial charge in [-0.1, -0.05) is 27.2 Å². The molecule has 0 aromatic heterocycles. The van der Waals surface area contributed by atoms with Gasteiger partial charge in [0.1, 0.15) is 0 Å². The fourth-order valence-electron chi connectivity index (χ4n) is 2.51. The summed E-state index contributed by atoms with van der Waals surface area (Å²) >= 11 is 0. The standard InChI is InChI=1S/C11H23N/c1-5-10-7-12(4)8-11(10)6-9(2)3/h9-11H,5-8H2,1-4H3. The van der Waals surface area contributed by atoms with E-state index in [0.29, 0.717) is 0 Å². The molecule has 0 aliphatic carbocycles. The highest BCUT2D eigenvalue weighted by molar-refractivity contribution is 4.81. The van der Waals surface area contributed by atoms with Gasteiger partial charge >= 0.3 is 0 Å². The van der Waals surface area contributed by atoms with Crippen LogP contribution >= 0.6 is 0 Å². The summed E-state index contributed by atoms with van der Waals surface area (Å²) < 4.78 is 0. The van der Waals surface area contributed by atoms with Crippen molar-refractivity contribution in [2.45, 2.75) is 33.6 Å². The summed E-state index contributed by atoms with van der Waals surface area (Å²) in [4.78, 5) is 2.49. The Bertz CT molecular complexity index is 131. The van der Waals surface area contributed by atoms with E-state index < -0.39 is 0 Å². The third-order valence-corrected chi connectivity index (χ3v) is 3.06. The molecule has 0 spiro atoms. The van der Waals surface area contributed by atoms with Gasteiger partial charge in [0.25, 0.3) is 0 Å². The first-order valence-corrected chi connectivity index (χ1v) is 5.32. The predicted molar refractivity (Wildman–Crippen MR) is 54.2 cm³/mol. The van der Waals surface area contributed by atoms with Gasteiger partial charge in [0.15, 0.2) is 0 Å². The SMILES string of the molecule is CCC1CN(C)CC1CC(C)C. The first kappa shape index (κ1) is 10.0. The molecule has 0 amide bonds. The highest BCUT2D eigenvalue weighted by Gasteiger charge is 2.29. The number of hydrogen-bond donors (Lipinski definition) is 0. The maximum atomic E-state index is 2.49. The predicted octanol–water partition coefficient (Wildman–Crippen LogP) is 2.62. The zero-order valence-electron chi connectivity index (χ0n) is 9.01. The highest BCUT2D eigenvalue weighted by atomic mass is 15.1. The molecular formula is C11H23N. The van der Waals surface area contributed by atoms with Crippen LogP contribution in [0.25, 0.3) is 0 Å². The van der Waals surface area contributed by atoms with E-state index in [2.05, 4.69) is 32.7 Å². The number of rotatable bonds is 3. The lowest BCUT2D eigenvalue weighted by molar-refractivity contribution is 0.337. The second-order valence-corrected chi connectivity index (χ2v) is 4.78. The fourth-order valence-corrected chi connectivity index (χ4v) is 2.51. The molecule has 12 heavy (non-hydrogen) atoms. The Morgan fingerprint density at radius 3 is 2.33 bits per heavy atom. The van der Waals surface area contributed by atoms with Crippen molar-refractivity contribution in [3.8, 4) is 0 Å². The van der Waals surface area contributed by atoms with Crippen LogP contribution in [0.4, 0.5) is 0 Å². The second-order valence-electron chi connectivity index (χ2n) is 4.78. The molecule has 1 saturated heterocycles. The van der Waals surface area contributed by atoms with Crippen molar-refractivity contribution >= 4 is 0 Å². The van der Waals surface area contributed by atoms with E-state index in [1.807, 2.05) is 0 Å². The molecule has 0 N–H and O–H groups in total. The Kier molecular flexibility index (Phi) is 3.57. The minimum Gasteiger partial charge on any atom is -0.306 e. The summed E-state index contributed by atoms with van der Waals surface area (Å²) in [5.74, 6) is 2.81. The number of nitrogens with zero attached hydrogens (tertiary/aromatic N) is 1. The van der Waals surface area contributed by atoms with Crippen molar-refractivity contribution in [3.63, 3.8) is 0 Å². The normalized spacial score (nSPS) is 31.8. The van der Waals surface area contributed by atoms with Crippen LogP contribution in [-0.2, 0) is 0 Å². The topological polar surface area (TPSA) is 3.24 Å². The van der Waals surface area contributed by atoms with Gasteiger partial charge in [0.2, 0.25) is 0 Å². The first-order chi connectivity index (χ1) is 5.63. The van der Waals surface area contributed by atoms with Gasteiger partial charge in [0.05, 0.1) is 0 Å². The molecular weight excluding hydrogens is 146 g/mol. The summed E-state index contributed by atoms with van der Waals surface area (Å²) in [5.41, 5.74) is 0. The lowest BCUT2D eigenvalue weighted by Gasteiger charge is -2.18. The average molecular weight is 169 g/mol. The van der Waals surface area contributed by atoms with Crippen LogP contribution in [0.2, 0.25) is 0 Å². The van der Waals surface area contributed by atoms with Crippen LogP contribution in [0.1, 0.15) is 33.6 Å². The van der Waals surface area contributed by atoms with E-state index in [9.17, 15) is 0 Å². The maximum absolute atomic E-state index is 2.49. The van der Waals surface area contributed by atoms with E-state index in [4.69, 9.17) is 0 Å². The van der Waals surface area contributed by atoms with E-state index >= 15 is 0 Å². The Morgan fingerprint density at radius 2 is 1.83 bits per heavy atom. The molecule has 0 saturated carbocycles. The molecule has 1 aliphatic heterocycles. The van der Waals surface area contributed by atoms with Gasteiger partial charge in [-0.2, -0.15) is 0 Å². The Labute approximate surface area is 77.1 Å². The highest BCUT2D eigenvalue weighted by Crippen LogP contribution is 2.29. The van der Waals surface area contributed by atoms with E-state index in [0.717, 1.165) is 17.8 Å². The van der Waals surface area contributed by atoms with Crippen LogP contribution in [0.5, 0.6) is 0 Å². The molecule has 0 bridgehead atoms. The molecule has 1 heteroatoms. The van der Waals surface area contributed by atoms with Gasteiger partial charge in [-0.3, -0.25) is 0 Å². The van der Waals surface area contributed by atoms with Crippen LogP contribution in [0.3, 0.4) is 0 Å². The van der Waals surface area contributed by atoms with Crippen molar-refractivity contribution in [2.24, 2.45) is 17.8 Å². The van der Waals surface area contributed by atoms with Gasteiger partial charge in [-0.15, -0.1) is 0 Å². The first-order valence-electron chi connectivity index (χ1n) is 5.32. The second kappa shape index (κ2) is 4.27. The van der Waals surface area contributed by atoms with Crippen molar-refractivity contribution in [3.05, 3.63) is 0 Å². The number of hydrogen-bond acceptors (Lipinski definition) is 1. The molecule has 2 atom stereocenters. The molecule has 1 aliphatic rings. The zero-order chi connectivity index (χ0) is 9.14. The van der Waals surface area contributed by atoms with Crippen LogP contribution in [0, 0.1) is 17.8 Å². The van der Waals surface area contributed by atoms with Gasteiger partial charge < -0.3 is 4.90 Å². The van der Waals surface area contributed by atoms with Crippen LogP contribution in [0.15, 0.2) is 0 Å². The van der Waals surface area contributed by atoms with Crippen molar-refractivity contribution < 1.29 is 0 Å². The molecule has 0 radical (unpaired) electrons. The molecule has 1 rings (SSSR count). The van der Waals surface area contributed by atoms with E-state index in [-0.39, 0.29) is 0 Å². The fraction of sp³-hybridized carbons (Fsp3) is 1.00.